The van der Waals surface area contributed by atoms with Crippen LogP contribution in [0.2, 0.25) is 5.02 Å². The predicted molar refractivity (Wildman–Crippen MR) is 122 cm³/mol. The summed E-state index contributed by atoms with van der Waals surface area (Å²) >= 11 is 7.62. The first kappa shape index (κ1) is 24.3. The topological polar surface area (TPSA) is 78.9 Å². The van der Waals surface area contributed by atoms with Gasteiger partial charge in [-0.1, -0.05) is 11.6 Å². The van der Waals surface area contributed by atoms with Crippen LogP contribution in [-0.4, -0.2) is 31.4 Å². The quantitative estimate of drug-likeness (QED) is 0.434. The first-order valence-electron chi connectivity index (χ1n) is 10.6. The molecule has 0 amide bonds. The number of hydrogen-bond donors (Lipinski definition) is 0. The van der Waals surface area contributed by atoms with E-state index in [0.717, 1.165) is 36.1 Å². The summed E-state index contributed by atoms with van der Waals surface area (Å²) in [5, 5.41) is 0.487. The molecular formula is C24H27ClO6S. The molecule has 8 heteroatoms. The lowest BCUT2D eigenvalue weighted by molar-refractivity contribution is -0.142. The Hall–Kier alpha value is -2.38. The molecule has 0 aliphatic heterocycles. The van der Waals surface area contributed by atoms with Crippen molar-refractivity contribution in [2.45, 2.75) is 45.6 Å². The number of aryl methyl sites for hydroxylation is 1. The number of carbonyl (C=O) groups is 3. The number of ether oxygens (including phenoxy) is 3. The maximum absolute atomic E-state index is 12.4. The molecule has 1 aliphatic carbocycles. The van der Waals surface area contributed by atoms with Gasteiger partial charge in [-0.05, 0) is 67.5 Å². The van der Waals surface area contributed by atoms with Crippen LogP contribution in [0.4, 0.5) is 0 Å². The Morgan fingerprint density at radius 2 is 2.03 bits per heavy atom. The molecule has 0 unspecified atom stereocenters. The van der Waals surface area contributed by atoms with Crippen LogP contribution in [0.1, 0.15) is 52.7 Å². The fraction of sp³-hybridized carbons (Fsp3) is 0.458. The van der Waals surface area contributed by atoms with E-state index >= 15 is 0 Å². The van der Waals surface area contributed by atoms with E-state index in [9.17, 15) is 14.4 Å². The summed E-state index contributed by atoms with van der Waals surface area (Å²) in [6, 6.07) is 8.95. The average Bonchev–Trinajstić information content (AvgIpc) is 3.37. The third-order valence-corrected chi connectivity index (χ3v) is 6.94. The van der Waals surface area contributed by atoms with Gasteiger partial charge in [0.05, 0.1) is 19.6 Å². The van der Waals surface area contributed by atoms with Crippen molar-refractivity contribution in [3.05, 3.63) is 50.7 Å². The Labute approximate surface area is 196 Å². The molecule has 0 spiro atoms. The molecule has 1 aliphatic rings. The van der Waals surface area contributed by atoms with Gasteiger partial charge < -0.3 is 14.2 Å². The molecule has 2 aromatic rings. The fourth-order valence-corrected chi connectivity index (χ4v) is 5.19. The van der Waals surface area contributed by atoms with E-state index in [1.54, 1.807) is 24.3 Å². The van der Waals surface area contributed by atoms with Gasteiger partial charge in [-0.2, -0.15) is 0 Å². The van der Waals surface area contributed by atoms with Gasteiger partial charge in [0.2, 0.25) is 0 Å². The highest BCUT2D eigenvalue weighted by Crippen LogP contribution is 2.34. The number of carbonyl (C=O) groups excluding carboxylic acids is 3. The molecule has 1 heterocycles. The van der Waals surface area contributed by atoms with Crippen molar-refractivity contribution in [1.29, 1.82) is 0 Å². The van der Waals surface area contributed by atoms with Crippen molar-refractivity contribution in [3.8, 4) is 5.75 Å². The molecule has 6 nitrogen and oxygen atoms in total. The van der Waals surface area contributed by atoms with Gasteiger partial charge in [0.25, 0.3) is 0 Å². The minimum absolute atomic E-state index is 0.123. The maximum atomic E-state index is 12.4. The van der Waals surface area contributed by atoms with Crippen molar-refractivity contribution in [1.82, 2.24) is 0 Å². The number of benzene rings is 1. The highest BCUT2D eigenvalue weighted by Gasteiger charge is 2.34. The van der Waals surface area contributed by atoms with E-state index in [0.29, 0.717) is 28.7 Å². The Morgan fingerprint density at radius 1 is 1.22 bits per heavy atom. The molecule has 3 rings (SSSR count). The van der Waals surface area contributed by atoms with Crippen molar-refractivity contribution >= 4 is 40.7 Å². The second-order valence-electron chi connectivity index (χ2n) is 7.91. The molecule has 0 saturated heterocycles. The fourth-order valence-electron chi connectivity index (χ4n) is 3.97. The van der Waals surface area contributed by atoms with Crippen molar-refractivity contribution in [3.63, 3.8) is 0 Å². The molecule has 0 N–H and O–H groups in total. The maximum Gasteiger partial charge on any atom is 0.348 e. The molecule has 1 saturated carbocycles. The number of Topliss-reactive ketones (excluding diaryl/α,β-unsaturated/α-hetero) is 1. The average molecular weight is 479 g/mol. The van der Waals surface area contributed by atoms with Crippen molar-refractivity contribution in [2.24, 2.45) is 11.8 Å². The third-order valence-electron chi connectivity index (χ3n) is 5.59. The summed E-state index contributed by atoms with van der Waals surface area (Å²) in [6.07, 6.45) is 4.20. The second-order valence-corrected chi connectivity index (χ2v) is 9.51. The summed E-state index contributed by atoms with van der Waals surface area (Å²) < 4.78 is 15.7. The van der Waals surface area contributed by atoms with Gasteiger partial charge in [-0.25, -0.2) is 4.79 Å². The number of methoxy groups -OCH3 is 1. The molecule has 1 aromatic heterocycles. The van der Waals surface area contributed by atoms with E-state index in [-0.39, 0.29) is 36.2 Å². The smallest absolute Gasteiger partial charge is 0.348 e. The van der Waals surface area contributed by atoms with Gasteiger partial charge in [-0.15, -0.1) is 11.3 Å². The van der Waals surface area contributed by atoms with E-state index in [1.165, 1.54) is 25.4 Å². The lowest BCUT2D eigenvalue weighted by atomic mass is 9.91. The molecular weight excluding hydrogens is 452 g/mol. The van der Waals surface area contributed by atoms with Gasteiger partial charge in [0, 0.05) is 23.2 Å². The Balaban J connectivity index is 1.52. The lowest BCUT2D eigenvalue weighted by Crippen LogP contribution is -2.23. The number of rotatable bonds is 10. The summed E-state index contributed by atoms with van der Waals surface area (Å²) in [5.74, 6) is 0.267. The van der Waals surface area contributed by atoms with Crippen LogP contribution < -0.4 is 4.74 Å². The van der Waals surface area contributed by atoms with E-state index < -0.39 is 0 Å². The third kappa shape index (κ3) is 6.81. The van der Waals surface area contributed by atoms with Crippen molar-refractivity contribution in [2.75, 3.05) is 13.7 Å². The summed E-state index contributed by atoms with van der Waals surface area (Å²) in [5.41, 5.74) is 0.735. The van der Waals surface area contributed by atoms with Crippen LogP contribution in [0.25, 0.3) is 0 Å². The van der Waals surface area contributed by atoms with Gasteiger partial charge in [0.1, 0.15) is 23.0 Å². The SMILES string of the molecule is COC(=O)c1ccc(CCC[C@H]2CCC(=O)[C@@H]2COc2cc(Cl)cc(COC(C)=O)c2)s1. The molecule has 172 valence electrons. The molecule has 32 heavy (non-hydrogen) atoms. The zero-order valence-corrected chi connectivity index (χ0v) is 19.8. The molecule has 2 atom stereocenters. The monoisotopic (exact) mass is 478 g/mol. The number of thiophene rings is 1. The number of hydrogen-bond acceptors (Lipinski definition) is 7. The lowest BCUT2D eigenvalue weighted by Gasteiger charge is -2.19. The number of ketones is 1. The van der Waals surface area contributed by atoms with Gasteiger partial charge in [0.15, 0.2) is 0 Å². The Morgan fingerprint density at radius 3 is 2.78 bits per heavy atom. The van der Waals surface area contributed by atoms with Crippen molar-refractivity contribution < 1.29 is 28.6 Å². The number of halogens is 1. The van der Waals surface area contributed by atoms with Gasteiger partial charge in [-0.3, -0.25) is 9.59 Å². The molecule has 1 fully saturated rings. The highest BCUT2D eigenvalue weighted by molar-refractivity contribution is 7.13. The highest BCUT2D eigenvalue weighted by atomic mass is 35.5. The summed E-state index contributed by atoms with van der Waals surface area (Å²) in [6.45, 7) is 1.78. The Bertz CT molecular complexity index is 969. The van der Waals surface area contributed by atoms with Crippen LogP contribution in [0.3, 0.4) is 0 Å². The molecule has 0 radical (unpaired) electrons. The molecule has 0 bridgehead atoms. The zero-order valence-electron chi connectivity index (χ0n) is 18.2. The zero-order chi connectivity index (χ0) is 23.1. The standard InChI is InChI=1S/C24H27ClO6S/c1-15(26)30-13-16-10-18(25)12-19(11-16)31-14-21-17(6-8-22(21)27)4-3-5-20-7-9-23(32-20)24(28)29-2/h7,9-12,17,21H,3-6,8,13-14H2,1-2H3/t17-,21+/m0/s1. The first-order valence-corrected chi connectivity index (χ1v) is 11.8. The summed E-state index contributed by atoms with van der Waals surface area (Å²) in [7, 11) is 1.38. The van der Waals surface area contributed by atoms with Crippen LogP contribution in [0.15, 0.2) is 30.3 Å². The second kappa shape index (κ2) is 11.5. The molecule has 1 aromatic carbocycles. The van der Waals surface area contributed by atoms with E-state index in [1.807, 2.05) is 6.07 Å². The van der Waals surface area contributed by atoms with E-state index in [2.05, 4.69) is 0 Å². The summed E-state index contributed by atoms with van der Waals surface area (Å²) in [4.78, 5) is 36.8. The normalized spacial score (nSPS) is 17.9. The predicted octanol–water partition coefficient (Wildman–Crippen LogP) is 5.25. The van der Waals surface area contributed by atoms with Crippen LogP contribution in [0, 0.1) is 11.8 Å². The van der Waals surface area contributed by atoms with Crippen LogP contribution in [0.5, 0.6) is 5.75 Å². The largest absolute Gasteiger partial charge is 0.493 e. The first-order chi connectivity index (χ1) is 15.4. The number of esters is 2. The minimum atomic E-state index is -0.365. The minimum Gasteiger partial charge on any atom is -0.493 e. The van der Waals surface area contributed by atoms with Gasteiger partial charge >= 0.3 is 11.9 Å². The van der Waals surface area contributed by atoms with Crippen LogP contribution in [-0.2, 0) is 32.1 Å². The van der Waals surface area contributed by atoms with E-state index in [4.69, 9.17) is 25.8 Å². The van der Waals surface area contributed by atoms with Crippen LogP contribution >= 0.6 is 22.9 Å². The Kier molecular flexibility index (Phi) is 8.70.